The van der Waals surface area contributed by atoms with Crippen molar-refractivity contribution in [1.82, 2.24) is 4.72 Å². The zero-order valence-corrected chi connectivity index (χ0v) is 19.6. The van der Waals surface area contributed by atoms with Gasteiger partial charge in [0.25, 0.3) is 15.9 Å². The highest BCUT2D eigenvalue weighted by atomic mass is 35.5. The highest BCUT2D eigenvalue weighted by molar-refractivity contribution is 7.90. The predicted octanol–water partition coefficient (Wildman–Crippen LogP) is 5.41. The Morgan fingerprint density at radius 3 is 2.34 bits per heavy atom. The van der Waals surface area contributed by atoms with Gasteiger partial charge < -0.3 is 0 Å². The summed E-state index contributed by atoms with van der Waals surface area (Å²) < 4.78 is 67.6. The largest absolute Gasteiger partial charge is 0.431 e. The first kappa shape index (κ1) is 24.7. The van der Waals surface area contributed by atoms with Crippen LogP contribution in [0.5, 0.6) is 0 Å². The molecule has 0 radical (unpaired) electrons. The number of nitrogens with zero attached hydrogens (tertiary/aromatic N) is 2. The van der Waals surface area contributed by atoms with Crippen molar-refractivity contribution in [2.75, 3.05) is 5.01 Å². The van der Waals surface area contributed by atoms with Gasteiger partial charge in [-0.15, -0.1) is 11.6 Å². The molecule has 182 valence electrons. The maximum atomic E-state index is 13.4. The van der Waals surface area contributed by atoms with Gasteiger partial charge >= 0.3 is 6.18 Å². The summed E-state index contributed by atoms with van der Waals surface area (Å²) in [6.07, 6.45) is -4.93. The van der Waals surface area contributed by atoms with Crippen molar-refractivity contribution in [3.63, 3.8) is 0 Å². The molecule has 11 heteroatoms. The van der Waals surface area contributed by atoms with Gasteiger partial charge in [-0.3, -0.25) is 9.80 Å². The van der Waals surface area contributed by atoms with E-state index >= 15 is 0 Å². The number of carbonyl (C=O) groups excluding carboxylic acids is 1. The van der Waals surface area contributed by atoms with E-state index in [9.17, 15) is 26.4 Å². The van der Waals surface area contributed by atoms with Gasteiger partial charge in [-0.1, -0.05) is 42.5 Å². The lowest BCUT2D eigenvalue weighted by molar-refractivity contribution is -0.0600. The first-order valence-electron chi connectivity index (χ1n) is 10.4. The Morgan fingerprint density at radius 1 is 1.03 bits per heavy atom. The van der Waals surface area contributed by atoms with Crippen LogP contribution in [-0.2, 0) is 15.9 Å². The molecule has 1 aliphatic rings. The third-order valence-electron chi connectivity index (χ3n) is 5.40. The van der Waals surface area contributed by atoms with Crippen molar-refractivity contribution in [2.24, 2.45) is 5.10 Å². The molecule has 0 saturated heterocycles. The molecule has 4 rings (SSSR count). The SMILES string of the molecule is O=C(NS(=O)(=O)c1ccc(N2N=C(C(F)(F)F)CC2c2ccccc2)cc1)c1cccc(CCl)c1. The van der Waals surface area contributed by atoms with E-state index < -0.39 is 33.9 Å². The van der Waals surface area contributed by atoms with E-state index in [1.807, 2.05) is 4.72 Å². The molecule has 3 aromatic rings. The number of amides is 1. The molecular formula is C24H19ClF3N3O3S. The van der Waals surface area contributed by atoms with E-state index in [0.717, 1.165) is 0 Å². The minimum Gasteiger partial charge on any atom is -0.268 e. The van der Waals surface area contributed by atoms with E-state index in [2.05, 4.69) is 5.10 Å². The Morgan fingerprint density at radius 2 is 1.71 bits per heavy atom. The zero-order chi connectivity index (χ0) is 25.2. The monoisotopic (exact) mass is 521 g/mol. The standard InChI is InChI=1S/C24H19ClF3N3O3S/c25-15-16-5-4-8-18(13-16)23(32)30-35(33,34)20-11-9-19(10-12-20)31-21(17-6-2-1-3-7-17)14-22(29-31)24(26,27)28/h1-13,21H,14-15H2,(H,30,32). The van der Waals surface area contributed by atoms with Crippen LogP contribution in [-0.4, -0.2) is 26.2 Å². The van der Waals surface area contributed by atoms with E-state index in [1.54, 1.807) is 42.5 Å². The molecule has 0 saturated carbocycles. The number of anilines is 1. The van der Waals surface area contributed by atoms with E-state index in [-0.39, 0.29) is 28.4 Å². The topological polar surface area (TPSA) is 78.8 Å². The summed E-state index contributed by atoms with van der Waals surface area (Å²) in [5, 5.41) is 5.01. The van der Waals surface area contributed by atoms with Gasteiger partial charge in [0.2, 0.25) is 0 Å². The van der Waals surface area contributed by atoms with Gasteiger partial charge in [-0.05, 0) is 47.5 Å². The highest BCUT2D eigenvalue weighted by Crippen LogP contribution is 2.39. The zero-order valence-electron chi connectivity index (χ0n) is 18.0. The van der Waals surface area contributed by atoms with Gasteiger partial charge in [0, 0.05) is 17.9 Å². The lowest BCUT2D eigenvalue weighted by atomic mass is 10.0. The molecule has 1 heterocycles. The van der Waals surface area contributed by atoms with E-state index in [0.29, 0.717) is 11.1 Å². The second-order valence-electron chi connectivity index (χ2n) is 7.78. The van der Waals surface area contributed by atoms with Crippen LogP contribution in [0.3, 0.4) is 0 Å². The molecule has 0 fully saturated rings. The lowest BCUT2D eigenvalue weighted by Gasteiger charge is -2.24. The summed E-state index contributed by atoms with van der Waals surface area (Å²) in [4.78, 5) is 12.2. The molecular weight excluding hydrogens is 503 g/mol. The molecule has 35 heavy (non-hydrogen) atoms. The van der Waals surface area contributed by atoms with Crippen molar-refractivity contribution >= 4 is 38.9 Å². The average molecular weight is 522 g/mol. The number of halogens is 4. The normalized spacial score (nSPS) is 16.2. The molecule has 1 aliphatic heterocycles. The Hall–Kier alpha value is -3.37. The number of hydrogen-bond acceptors (Lipinski definition) is 5. The van der Waals surface area contributed by atoms with Crippen LogP contribution in [0.25, 0.3) is 0 Å². The molecule has 1 unspecified atom stereocenters. The molecule has 0 aromatic heterocycles. The highest BCUT2D eigenvalue weighted by Gasteiger charge is 2.43. The fourth-order valence-electron chi connectivity index (χ4n) is 3.67. The fourth-order valence-corrected chi connectivity index (χ4v) is 4.81. The molecule has 1 atom stereocenters. The maximum absolute atomic E-state index is 13.4. The summed E-state index contributed by atoms with van der Waals surface area (Å²) in [6.45, 7) is 0. The summed E-state index contributed by atoms with van der Waals surface area (Å²) in [7, 11) is -4.23. The van der Waals surface area contributed by atoms with Crippen LogP contribution in [0.4, 0.5) is 18.9 Å². The quantitative estimate of drug-likeness (QED) is 0.440. The molecule has 1 amide bonds. The minimum atomic E-state index is -4.59. The van der Waals surface area contributed by atoms with Crippen LogP contribution in [0.2, 0.25) is 0 Å². The molecule has 0 aliphatic carbocycles. The van der Waals surface area contributed by atoms with Crippen molar-refractivity contribution in [3.05, 3.63) is 95.6 Å². The third kappa shape index (κ3) is 5.49. The fraction of sp³-hybridized carbons (Fsp3) is 0.167. The Kier molecular flexibility index (Phi) is 6.86. The minimum absolute atomic E-state index is 0.125. The smallest absolute Gasteiger partial charge is 0.268 e. The molecule has 3 aromatic carbocycles. The number of alkyl halides is 4. The molecule has 1 N–H and O–H groups in total. The van der Waals surface area contributed by atoms with Crippen molar-refractivity contribution in [1.29, 1.82) is 0 Å². The molecule has 0 bridgehead atoms. The van der Waals surface area contributed by atoms with Crippen LogP contribution in [0.1, 0.15) is 33.9 Å². The van der Waals surface area contributed by atoms with Crippen LogP contribution in [0.15, 0.2) is 88.9 Å². The van der Waals surface area contributed by atoms with Crippen LogP contribution in [0, 0.1) is 0 Å². The second kappa shape index (κ2) is 9.71. The number of sulfonamides is 1. The maximum Gasteiger partial charge on any atom is 0.431 e. The lowest BCUT2D eigenvalue weighted by Crippen LogP contribution is -2.30. The predicted molar refractivity (Wildman–Crippen MR) is 127 cm³/mol. The summed E-state index contributed by atoms with van der Waals surface area (Å²) in [6, 6.07) is 19.3. The third-order valence-corrected chi connectivity index (χ3v) is 7.06. The first-order chi connectivity index (χ1) is 16.6. The summed E-state index contributed by atoms with van der Waals surface area (Å²) in [5.41, 5.74) is 0.768. The number of nitrogens with one attached hydrogen (secondary N) is 1. The van der Waals surface area contributed by atoms with Crippen molar-refractivity contribution < 1.29 is 26.4 Å². The Labute approximate surface area is 205 Å². The first-order valence-corrected chi connectivity index (χ1v) is 12.4. The number of benzene rings is 3. The second-order valence-corrected chi connectivity index (χ2v) is 9.73. The number of hydrogen-bond donors (Lipinski definition) is 1. The van der Waals surface area contributed by atoms with Gasteiger partial charge in [-0.25, -0.2) is 13.1 Å². The number of rotatable bonds is 6. The van der Waals surface area contributed by atoms with Gasteiger partial charge in [0.05, 0.1) is 16.6 Å². The molecule has 0 spiro atoms. The molecule has 6 nitrogen and oxygen atoms in total. The Bertz CT molecular complexity index is 1360. The summed E-state index contributed by atoms with van der Waals surface area (Å²) in [5.74, 6) is -0.668. The van der Waals surface area contributed by atoms with Gasteiger partial charge in [-0.2, -0.15) is 18.3 Å². The van der Waals surface area contributed by atoms with Crippen LogP contribution >= 0.6 is 11.6 Å². The summed E-state index contributed by atoms with van der Waals surface area (Å²) >= 11 is 5.76. The number of hydrazone groups is 1. The number of carbonyl (C=O) groups is 1. The van der Waals surface area contributed by atoms with E-state index in [1.165, 1.54) is 41.4 Å². The Balaban J connectivity index is 1.59. The van der Waals surface area contributed by atoms with Gasteiger partial charge in [0.15, 0.2) is 0 Å². The average Bonchev–Trinajstić information content (AvgIpc) is 3.31. The van der Waals surface area contributed by atoms with Crippen LogP contribution < -0.4 is 9.73 Å². The van der Waals surface area contributed by atoms with Crippen molar-refractivity contribution in [3.8, 4) is 0 Å². The van der Waals surface area contributed by atoms with Crippen molar-refractivity contribution in [2.45, 2.75) is 29.4 Å². The van der Waals surface area contributed by atoms with Gasteiger partial charge in [0.1, 0.15) is 5.71 Å². The van der Waals surface area contributed by atoms with E-state index in [4.69, 9.17) is 11.6 Å².